The number of thiophene rings is 1. The van der Waals surface area contributed by atoms with Crippen molar-refractivity contribution in [2.75, 3.05) is 26.3 Å². The summed E-state index contributed by atoms with van der Waals surface area (Å²) < 4.78 is 6.59. The van der Waals surface area contributed by atoms with Gasteiger partial charge < -0.3 is 15.4 Å². The van der Waals surface area contributed by atoms with Crippen LogP contribution in [0.25, 0.3) is 0 Å². The van der Waals surface area contributed by atoms with Crippen molar-refractivity contribution in [3.05, 3.63) is 20.3 Å². The number of aliphatic imine (C=N–C) groups is 1. The van der Waals surface area contributed by atoms with Gasteiger partial charge in [-0.15, -0.1) is 11.3 Å². The monoisotopic (exact) mass is 293 g/mol. The molecule has 0 saturated carbocycles. The van der Waals surface area contributed by atoms with Crippen LogP contribution >= 0.6 is 34.5 Å². The summed E-state index contributed by atoms with van der Waals surface area (Å²) in [5.41, 5.74) is 6.82. The van der Waals surface area contributed by atoms with Gasteiger partial charge in [-0.1, -0.05) is 23.2 Å². The van der Waals surface area contributed by atoms with E-state index in [1.54, 1.807) is 0 Å². The van der Waals surface area contributed by atoms with Crippen LogP contribution in [0.2, 0.25) is 8.67 Å². The number of halogens is 2. The maximum Gasteiger partial charge on any atom is 0.191 e. The largest absolute Gasteiger partial charge is 0.378 e. The maximum atomic E-state index is 6.00. The second-order valence-corrected chi connectivity index (χ2v) is 5.91. The molecule has 0 radical (unpaired) electrons. The third-order valence-electron chi connectivity index (χ3n) is 2.47. The lowest BCUT2D eigenvalue weighted by Gasteiger charge is -2.27. The van der Waals surface area contributed by atoms with E-state index in [2.05, 4.69) is 4.99 Å². The molecule has 94 valence electrons. The molecule has 1 aromatic heterocycles. The highest BCUT2D eigenvalue weighted by Gasteiger charge is 2.12. The van der Waals surface area contributed by atoms with Gasteiger partial charge in [-0.3, -0.25) is 0 Å². The molecule has 1 fully saturated rings. The summed E-state index contributed by atoms with van der Waals surface area (Å²) in [5.74, 6) is 0.534. The predicted molar refractivity (Wildman–Crippen MR) is 72.1 cm³/mol. The first-order valence-electron chi connectivity index (χ1n) is 5.23. The molecule has 1 aromatic rings. The van der Waals surface area contributed by atoms with E-state index in [9.17, 15) is 0 Å². The molecule has 17 heavy (non-hydrogen) atoms. The van der Waals surface area contributed by atoms with Gasteiger partial charge in [-0.05, 0) is 6.07 Å². The number of rotatable bonds is 2. The molecule has 2 N–H and O–H groups in total. The highest BCUT2D eigenvalue weighted by Crippen LogP contribution is 2.31. The Balaban J connectivity index is 1.97. The molecule has 2 rings (SSSR count). The fraction of sp³-hybridized carbons (Fsp3) is 0.500. The predicted octanol–water partition coefficient (Wildman–Crippen LogP) is 2.20. The van der Waals surface area contributed by atoms with Gasteiger partial charge in [0.05, 0.1) is 28.4 Å². The number of nitrogens with two attached hydrogens (primary N) is 1. The van der Waals surface area contributed by atoms with Gasteiger partial charge in [0.15, 0.2) is 5.96 Å². The van der Waals surface area contributed by atoms with Crippen LogP contribution in [0.5, 0.6) is 0 Å². The molecule has 7 heteroatoms. The quantitative estimate of drug-likeness (QED) is 0.672. The normalized spacial score (nSPS) is 17.5. The van der Waals surface area contributed by atoms with Crippen LogP contribution in [0.15, 0.2) is 11.1 Å². The minimum atomic E-state index is 0.464. The Labute approximate surface area is 114 Å². The highest BCUT2D eigenvalue weighted by molar-refractivity contribution is 7.20. The number of morpholine rings is 1. The van der Waals surface area contributed by atoms with E-state index in [4.69, 9.17) is 33.7 Å². The van der Waals surface area contributed by atoms with Gasteiger partial charge in [0, 0.05) is 18.7 Å². The molecule has 1 aliphatic rings. The first-order valence-corrected chi connectivity index (χ1v) is 6.80. The molecule has 0 atom stereocenters. The van der Waals surface area contributed by atoms with E-state index in [0.29, 0.717) is 34.4 Å². The summed E-state index contributed by atoms with van der Waals surface area (Å²) in [7, 11) is 0. The number of hydrogen-bond acceptors (Lipinski definition) is 3. The molecule has 0 unspecified atom stereocenters. The van der Waals surface area contributed by atoms with Crippen molar-refractivity contribution < 1.29 is 4.74 Å². The Kier molecular flexibility index (Phi) is 4.50. The summed E-state index contributed by atoms with van der Waals surface area (Å²) >= 11 is 13.2. The molecular formula is C10H13Cl2N3OS. The van der Waals surface area contributed by atoms with E-state index in [1.165, 1.54) is 11.3 Å². The molecule has 4 nitrogen and oxygen atoms in total. The Morgan fingerprint density at radius 2 is 2.18 bits per heavy atom. The zero-order valence-corrected chi connectivity index (χ0v) is 11.5. The molecular weight excluding hydrogens is 281 g/mol. The van der Waals surface area contributed by atoms with E-state index in [0.717, 1.165) is 18.7 Å². The summed E-state index contributed by atoms with van der Waals surface area (Å²) in [4.78, 5) is 6.33. The van der Waals surface area contributed by atoms with E-state index < -0.39 is 0 Å². The molecule has 1 aliphatic heterocycles. The Bertz CT molecular complexity index is 416. The summed E-state index contributed by atoms with van der Waals surface area (Å²) in [6.07, 6.45) is 0. The third-order valence-corrected chi connectivity index (χ3v) is 4.04. The average Bonchev–Trinajstić information content (AvgIpc) is 2.66. The molecule has 0 spiro atoms. The first kappa shape index (κ1) is 13.0. The molecule has 0 aliphatic carbocycles. The number of nitrogens with zero attached hydrogens (tertiary/aromatic N) is 2. The molecule has 1 saturated heterocycles. The van der Waals surface area contributed by atoms with E-state index >= 15 is 0 Å². The van der Waals surface area contributed by atoms with Crippen LogP contribution < -0.4 is 5.73 Å². The minimum absolute atomic E-state index is 0.464. The smallest absolute Gasteiger partial charge is 0.191 e. The van der Waals surface area contributed by atoms with Crippen LogP contribution in [0, 0.1) is 0 Å². The lowest BCUT2D eigenvalue weighted by Crippen LogP contribution is -2.44. The summed E-state index contributed by atoms with van der Waals surface area (Å²) in [6, 6.07) is 1.82. The summed E-state index contributed by atoms with van der Waals surface area (Å²) in [6.45, 7) is 3.43. The van der Waals surface area contributed by atoms with Crippen LogP contribution in [0.4, 0.5) is 0 Å². The fourth-order valence-electron chi connectivity index (χ4n) is 1.54. The Morgan fingerprint density at radius 3 is 2.76 bits per heavy atom. The Morgan fingerprint density at radius 1 is 1.47 bits per heavy atom. The molecule has 0 aromatic carbocycles. The van der Waals surface area contributed by atoms with Crippen molar-refractivity contribution in [2.45, 2.75) is 6.54 Å². The SMILES string of the molecule is NC(=NCc1cc(Cl)sc1Cl)N1CCOCC1. The average molecular weight is 294 g/mol. The fourth-order valence-corrected chi connectivity index (χ4v) is 3.01. The second kappa shape index (κ2) is 5.91. The standard InChI is InChI=1S/C10H13Cl2N3OS/c11-8-5-7(9(12)17-8)6-14-10(13)15-1-3-16-4-2-15/h5H,1-4,6H2,(H2,13,14). The zero-order chi connectivity index (χ0) is 12.3. The number of ether oxygens (including phenoxy) is 1. The van der Waals surface area contributed by atoms with Crippen LogP contribution in [-0.2, 0) is 11.3 Å². The van der Waals surface area contributed by atoms with Crippen molar-refractivity contribution in [2.24, 2.45) is 10.7 Å². The van der Waals surface area contributed by atoms with Gasteiger partial charge in [-0.25, -0.2) is 4.99 Å². The van der Waals surface area contributed by atoms with Gasteiger partial charge in [0.25, 0.3) is 0 Å². The molecule has 0 amide bonds. The van der Waals surface area contributed by atoms with Crippen LogP contribution in [-0.4, -0.2) is 37.2 Å². The lowest BCUT2D eigenvalue weighted by molar-refractivity contribution is 0.0674. The van der Waals surface area contributed by atoms with Gasteiger partial charge in [0.1, 0.15) is 0 Å². The van der Waals surface area contributed by atoms with Crippen LogP contribution in [0.3, 0.4) is 0 Å². The van der Waals surface area contributed by atoms with E-state index in [-0.39, 0.29) is 0 Å². The van der Waals surface area contributed by atoms with Crippen molar-refractivity contribution >= 4 is 40.5 Å². The van der Waals surface area contributed by atoms with Crippen LogP contribution in [0.1, 0.15) is 5.56 Å². The van der Waals surface area contributed by atoms with Crippen molar-refractivity contribution in [3.63, 3.8) is 0 Å². The number of guanidine groups is 1. The molecule has 0 bridgehead atoms. The second-order valence-electron chi connectivity index (χ2n) is 3.62. The maximum absolute atomic E-state index is 6.00. The van der Waals surface area contributed by atoms with Gasteiger partial charge in [0.2, 0.25) is 0 Å². The van der Waals surface area contributed by atoms with Gasteiger partial charge in [-0.2, -0.15) is 0 Å². The Hall–Kier alpha value is -0.490. The third kappa shape index (κ3) is 3.48. The number of hydrogen-bond donors (Lipinski definition) is 1. The first-order chi connectivity index (χ1) is 8.16. The zero-order valence-electron chi connectivity index (χ0n) is 9.16. The van der Waals surface area contributed by atoms with E-state index in [1.807, 2.05) is 11.0 Å². The molecule has 2 heterocycles. The topological polar surface area (TPSA) is 50.8 Å². The lowest BCUT2D eigenvalue weighted by atomic mass is 10.3. The minimum Gasteiger partial charge on any atom is -0.378 e. The summed E-state index contributed by atoms with van der Waals surface area (Å²) in [5, 5.41) is 0. The van der Waals surface area contributed by atoms with Crippen molar-refractivity contribution in [3.8, 4) is 0 Å². The highest BCUT2D eigenvalue weighted by atomic mass is 35.5. The van der Waals surface area contributed by atoms with Crippen molar-refractivity contribution in [1.29, 1.82) is 0 Å². The van der Waals surface area contributed by atoms with Gasteiger partial charge >= 0.3 is 0 Å². The van der Waals surface area contributed by atoms with Crippen molar-refractivity contribution in [1.82, 2.24) is 4.90 Å².